The van der Waals surface area contributed by atoms with Crippen LogP contribution in [0.25, 0.3) is 0 Å². The number of likely N-dealkylation sites (tertiary alicyclic amines) is 1. The first kappa shape index (κ1) is 20.3. The van der Waals surface area contributed by atoms with Crippen molar-refractivity contribution >= 4 is 29.9 Å². The highest BCUT2D eigenvalue weighted by molar-refractivity contribution is 6.31. The monoisotopic (exact) mass is 358 g/mol. The van der Waals surface area contributed by atoms with Crippen molar-refractivity contribution in [2.24, 2.45) is 5.92 Å². The lowest BCUT2D eigenvalue weighted by Crippen LogP contribution is -2.39. The normalized spacial score (nSPS) is 16.2. The molecule has 1 unspecified atom stereocenters. The van der Waals surface area contributed by atoms with E-state index in [2.05, 4.69) is 30.1 Å². The fourth-order valence-electron chi connectivity index (χ4n) is 3.24. The third-order valence-electron chi connectivity index (χ3n) is 4.67. The number of rotatable bonds is 7. The van der Waals surface area contributed by atoms with E-state index in [1.54, 1.807) is 0 Å². The maximum atomic E-state index is 12.3. The van der Waals surface area contributed by atoms with E-state index in [1.807, 2.05) is 18.2 Å². The maximum absolute atomic E-state index is 12.3. The molecule has 0 radical (unpaired) electrons. The summed E-state index contributed by atoms with van der Waals surface area (Å²) >= 11 is 6.39. The molecule has 1 heterocycles. The zero-order valence-electron chi connectivity index (χ0n) is 14.1. The lowest BCUT2D eigenvalue weighted by Gasteiger charge is -2.29. The van der Waals surface area contributed by atoms with Gasteiger partial charge in [0.15, 0.2) is 0 Å². The topological polar surface area (TPSA) is 32.3 Å². The molecule has 3 nitrogen and oxygen atoms in total. The molecule has 1 aliphatic heterocycles. The van der Waals surface area contributed by atoms with Crippen molar-refractivity contribution in [3.8, 4) is 0 Å². The maximum Gasteiger partial charge on any atom is 0.223 e. The first-order valence-electron chi connectivity index (χ1n) is 8.43. The molecule has 1 fully saturated rings. The van der Waals surface area contributed by atoms with Crippen molar-refractivity contribution < 1.29 is 4.79 Å². The van der Waals surface area contributed by atoms with E-state index in [0.717, 1.165) is 36.5 Å². The fraction of sp³-hybridized carbons (Fsp3) is 0.611. The largest absolute Gasteiger partial charge is 0.354 e. The lowest BCUT2D eigenvalue weighted by atomic mass is 10.0. The van der Waals surface area contributed by atoms with E-state index in [1.165, 1.54) is 12.8 Å². The van der Waals surface area contributed by atoms with Crippen LogP contribution in [-0.4, -0.2) is 30.4 Å². The van der Waals surface area contributed by atoms with Crippen LogP contribution in [0.3, 0.4) is 0 Å². The van der Waals surface area contributed by atoms with Crippen LogP contribution in [0.15, 0.2) is 24.3 Å². The van der Waals surface area contributed by atoms with E-state index in [-0.39, 0.29) is 30.3 Å². The Morgan fingerprint density at radius 3 is 2.39 bits per heavy atom. The fourth-order valence-corrected chi connectivity index (χ4v) is 3.50. The Morgan fingerprint density at radius 1 is 1.22 bits per heavy atom. The minimum atomic E-state index is 0. The van der Waals surface area contributed by atoms with Gasteiger partial charge in [-0.25, -0.2) is 0 Å². The van der Waals surface area contributed by atoms with Crippen molar-refractivity contribution in [1.82, 2.24) is 10.2 Å². The summed E-state index contributed by atoms with van der Waals surface area (Å²) in [6.45, 7) is 6.94. The predicted molar refractivity (Wildman–Crippen MR) is 99.3 cm³/mol. The molecule has 1 saturated heterocycles. The number of amides is 1. The van der Waals surface area contributed by atoms with Gasteiger partial charge in [-0.2, -0.15) is 0 Å². The Morgan fingerprint density at radius 2 is 1.83 bits per heavy atom. The van der Waals surface area contributed by atoms with E-state index in [4.69, 9.17) is 11.6 Å². The summed E-state index contributed by atoms with van der Waals surface area (Å²) in [6.07, 6.45) is 4.23. The van der Waals surface area contributed by atoms with Gasteiger partial charge in [0, 0.05) is 17.5 Å². The highest BCUT2D eigenvalue weighted by Gasteiger charge is 2.26. The van der Waals surface area contributed by atoms with Crippen molar-refractivity contribution in [1.29, 1.82) is 0 Å². The molecule has 1 aromatic rings. The highest BCUT2D eigenvalue weighted by Crippen LogP contribution is 2.29. The minimum absolute atomic E-state index is 0. The van der Waals surface area contributed by atoms with Gasteiger partial charge in [-0.15, -0.1) is 12.4 Å². The number of hydrogen-bond acceptors (Lipinski definition) is 2. The predicted octanol–water partition coefficient (Wildman–Crippen LogP) is 4.45. The van der Waals surface area contributed by atoms with Gasteiger partial charge in [0.2, 0.25) is 5.91 Å². The Balaban J connectivity index is 0.00000264. The molecule has 1 amide bonds. The van der Waals surface area contributed by atoms with Crippen molar-refractivity contribution in [2.75, 3.05) is 19.6 Å². The summed E-state index contributed by atoms with van der Waals surface area (Å²) in [6, 6.07) is 8.16. The third kappa shape index (κ3) is 5.37. The van der Waals surface area contributed by atoms with Gasteiger partial charge in [-0.1, -0.05) is 43.6 Å². The summed E-state index contributed by atoms with van der Waals surface area (Å²) in [5.74, 6) is 0.284. The van der Waals surface area contributed by atoms with Crippen LogP contribution in [0.4, 0.5) is 0 Å². The van der Waals surface area contributed by atoms with Gasteiger partial charge in [-0.05, 0) is 50.4 Å². The molecule has 0 aromatic heterocycles. The van der Waals surface area contributed by atoms with Gasteiger partial charge >= 0.3 is 0 Å². The zero-order valence-corrected chi connectivity index (χ0v) is 15.6. The Kier molecular flexibility index (Phi) is 8.96. The SMILES string of the molecule is CCC(CC)C(=O)NCC(c1ccccc1Cl)N1CCCC1.Cl. The number of hydrogen-bond donors (Lipinski definition) is 1. The minimum Gasteiger partial charge on any atom is -0.354 e. The highest BCUT2D eigenvalue weighted by atomic mass is 35.5. The molecule has 1 N–H and O–H groups in total. The average Bonchev–Trinajstić information content (AvgIpc) is 3.04. The number of nitrogens with one attached hydrogen (secondary N) is 1. The molecule has 0 spiro atoms. The summed E-state index contributed by atoms with van der Waals surface area (Å²) in [5, 5.41) is 3.94. The van der Waals surface area contributed by atoms with Crippen LogP contribution < -0.4 is 5.32 Å². The second-order valence-corrected chi connectivity index (χ2v) is 6.45. The van der Waals surface area contributed by atoms with Gasteiger partial charge in [-0.3, -0.25) is 9.69 Å². The van der Waals surface area contributed by atoms with Crippen LogP contribution in [-0.2, 0) is 4.79 Å². The number of carbonyl (C=O) groups excluding carboxylic acids is 1. The van der Waals surface area contributed by atoms with E-state index in [9.17, 15) is 4.79 Å². The summed E-state index contributed by atoms with van der Waals surface area (Å²) in [4.78, 5) is 14.7. The molecule has 0 bridgehead atoms. The van der Waals surface area contributed by atoms with Gasteiger partial charge in [0.05, 0.1) is 6.04 Å². The van der Waals surface area contributed by atoms with Crippen molar-refractivity contribution in [3.05, 3.63) is 34.9 Å². The van der Waals surface area contributed by atoms with Gasteiger partial charge in [0.1, 0.15) is 0 Å². The van der Waals surface area contributed by atoms with Crippen LogP contribution in [0.1, 0.15) is 51.1 Å². The summed E-state index contributed by atoms with van der Waals surface area (Å²) < 4.78 is 0. The average molecular weight is 359 g/mol. The number of nitrogens with zero attached hydrogens (tertiary/aromatic N) is 1. The molecule has 2 rings (SSSR count). The van der Waals surface area contributed by atoms with Crippen molar-refractivity contribution in [2.45, 2.75) is 45.6 Å². The molecular weight excluding hydrogens is 331 g/mol. The van der Waals surface area contributed by atoms with E-state index in [0.29, 0.717) is 6.54 Å². The van der Waals surface area contributed by atoms with Crippen LogP contribution in [0, 0.1) is 5.92 Å². The zero-order chi connectivity index (χ0) is 15.9. The number of benzene rings is 1. The molecule has 5 heteroatoms. The standard InChI is InChI=1S/C18H27ClN2O.ClH/c1-3-14(4-2)18(22)20-13-17(21-11-7-8-12-21)15-9-5-6-10-16(15)19;/h5-6,9-10,14,17H,3-4,7-8,11-13H2,1-2H3,(H,20,22);1H. The first-order chi connectivity index (χ1) is 10.7. The molecule has 1 aromatic carbocycles. The molecule has 1 aliphatic rings. The molecule has 0 saturated carbocycles. The lowest BCUT2D eigenvalue weighted by molar-refractivity contribution is -0.125. The second-order valence-electron chi connectivity index (χ2n) is 6.04. The molecule has 130 valence electrons. The molecule has 23 heavy (non-hydrogen) atoms. The summed E-state index contributed by atoms with van der Waals surface area (Å²) in [5.41, 5.74) is 1.12. The van der Waals surface area contributed by atoms with E-state index < -0.39 is 0 Å². The second kappa shape index (κ2) is 10.2. The van der Waals surface area contributed by atoms with Gasteiger partial charge < -0.3 is 5.32 Å². The molecule has 1 atom stereocenters. The first-order valence-corrected chi connectivity index (χ1v) is 8.81. The number of carbonyl (C=O) groups is 1. The molecular formula is C18H28Cl2N2O. The molecule has 0 aliphatic carbocycles. The van der Waals surface area contributed by atoms with Crippen molar-refractivity contribution in [3.63, 3.8) is 0 Å². The van der Waals surface area contributed by atoms with Crippen LogP contribution >= 0.6 is 24.0 Å². The van der Waals surface area contributed by atoms with Gasteiger partial charge in [0.25, 0.3) is 0 Å². The van der Waals surface area contributed by atoms with Crippen LogP contribution in [0.2, 0.25) is 5.02 Å². The Bertz CT molecular complexity index is 486. The van der Waals surface area contributed by atoms with E-state index >= 15 is 0 Å². The summed E-state index contributed by atoms with van der Waals surface area (Å²) in [7, 11) is 0. The smallest absolute Gasteiger partial charge is 0.223 e. The van der Waals surface area contributed by atoms with Crippen LogP contribution in [0.5, 0.6) is 0 Å². The number of halogens is 2. The quantitative estimate of drug-likeness (QED) is 0.780. The Labute approximate surface area is 151 Å². The Hall–Kier alpha value is -0.770. The third-order valence-corrected chi connectivity index (χ3v) is 5.02.